The lowest BCUT2D eigenvalue weighted by Gasteiger charge is -2.11. The SMILES string of the molecule is CCn1ncc(Cl)c1C(O)c1ccc(Cl)s1. The van der Waals surface area contributed by atoms with E-state index in [1.54, 1.807) is 23.0 Å². The van der Waals surface area contributed by atoms with Crippen molar-refractivity contribution in [3.63, 3.8) is 0 Å². The van der Waals surface area contributed by atoms with Crippen LogP contribution in [0.2, 0.25) is 9.36 Å². The number of aliphatic hydroxyl groups excluding tert-OH is 1. The lowest BCUT2D eigenvalue weighted by Crippen LogP contribution is -2.08. The Hall–Kier alpha value is -0.550. The Morgan fingerprint density at radius 2 is 2.25 bits per heavy atom. The summed E-state index contributed by atoms with van der Waals surface area (Å²) >= 11 is 13.2. The quantitative estimate of drug-likeness (QED) is 0.934. The van der Waals surface area contributed by atoms with E-state index in [-0.39, 0.29) is 0 Å². The van der Waals surface area contributed by atoms with Crippen LogP contribution in [-0.2, 0) is 6.54 Å². The maximum absolute atomic E-state index is 10.2. The van der Waals surface area contributed by atoms with Crippen molar-refractivity contribution < 1.29 is 5.11 Å². The number of aliphatic hydroxyl groups is 1. The molecule has 0 spiro atoms. The van der Waals surface area contributed by atoms with Gasteiger partial charge >= 0.3 is 0 Å². The van der Waals surface area contributed by atoms with Gasteiger partial charge in [0.15, 0.2) is 0 Å². The molecule has 2 aromatic heterocycles. The topological polar surface area (TPSA) is 38.0 Å². The van der Waals surface area contributed by atoms with Crippen molar-refractivity contribution >= 4 is 34.5 Å². The molecule has 0 aromatic carbocycles. The van der Waals surface area contributed by atoms with Gasteiger partial charge in [-0.05, 0) is 19.1 Å². The third-order valence-electron chi connectivity index (χ3n) is 2.26. The van der Waals surface area contributed by atoms with Crippen molar-refractivity contribution in [2.75, 3.05) is 0 Å². The van der Waals surface area contributed by atoms with E-state index >= 15 is 0 Å². The fourth-order valence-electron chi connectivity index (χ4n) is 1.51. The first-order valence-electron chi connectivity index (χ1n) is 4.78. The summed E-state index contributed by atoms with van der Waals surface area (Å²) in [5.41, 5.74) is 0.614. The van der Waals surface area contributed by atoms with Gasteiger partial charge in [-0.15, -0.1) is 11.3 Å². The minimum atomic E-state index is -0.771. The van der Waals surface area contributed by atoms with E-state index < -0.39 is 6.10 Å². The first kappa shape index (κ1) is 11.9. The second-order valence-corrected chi connectivity index (χ2v) is 5.39. The molecule has 86 valence electrons. The number of aromatic nitrogens is 2. The predicted molar refractivity (Wildman–Crippen MR) is 66.3 cm³/mol. The lowest BCUT2D eigenvalue weighted by molar-refractivity contribution is 0.212. The molecule has 2 heterocycles. The Morgan fingerprint density at radius 3 is 2.81 bits per heavy atom. The molecule has 0 aliphatic heterocycles. The van der Waals surface area contributed by atoms with Gasteiger partial charge in [-0.25, -0.2) is 0 Å². The van der Waals surface area contributed by atoms with Crippen LogP contribution in [-0.4, -0.2) is 14.9 Å². The molecule has 6 heteroatoms. The Bertz CT molecular complexity index is 495. The number of aryl methyl sites for hydroxylation is 1. The zero-order valence-corrected chi connectivity index (χ0v) is 10.9. The summed E-state index contributed by atoms with van der Waals surface area (Å²) in [6, 6.07) is 3.55. The van der Waals surface area contributed by atoms with Crippen LogP contribution in [0.4, 0.5) is 0 Å². The van der Waals surface area contributed by atoms with Crippen molar-refractivity contribution in [3.05, 3.63) is 38.3 Å². The molecule has 1 unspecified atom stereocenters. The molecule has 0 fully saturated rings. The monoisotopic (exact) mass is 276 g/mol. The molecule has 3 nitrogen and oxygen atoms in total. The molecule has 0 radical (unpaired) electrons. The average molecular weight is 277 g/mol. The van der Waals surface area contributed by atoms with E-state index in [2.05, 4.69) is 5.10 Å². The summed E-state index contributed by atoms with van der Waals surface area (Å²) in [6.45, 7) is 2.61. The molecule has 0 saturated heterocycles. The van der Waals surface area contributed by atoms with Gasteiger partial charge in [0.2, 0.25) is 0 Å². The number of rotatable bonds is 3. The average Bonchev–Trinajstić information content (AvgIpc) is 2.83. The van der Waals surface area contributed by atoms with Gasteiger partial charge in [0.05, 0.1) is 21.2 Å². The molecule has 2 rings (SSSR count). The molecule has 0 amide bonds. The zero-order chi connectivity index (χ0) is 11.7. The Morgan fingerprint density at radius 1 is 1.50 bits per heavy atom. The van der Waals surface area contributed by atoms with Gasteiger partial charge in [-0.1, -0.05) is 23.2 Å². The Labute approximate surface area is 107 Å². The van der Waals surface area contributed by atoms with Crippen LogP contribution in [0.1, 0.15) is 23.6 Å². The van der Waals surface area contributed by atoms with Gasteiger partial charge < -0.3 is 5.11 Å². The van der Waals surface area contributed by atoms with E-state index in [1.165, 1.54) is 11.3 Å². The van der Waals surface area contributed by atoms with Crippen molar-refractivity contribution in [3.8, 4) is 0 Å². The Kier molecular flexibility index (Phi) is 3.54. The van der Waals surface area contributed by atoms with Crippen molar-refractivity contribution in [1.29, 1.82) is 0 Å². The first-order chi connectivity index (χ1) is 7.63. The maximum atomic E-state index is 10.2. The summed E-state index contributed by atoms with van der Waals surface area (Å²) in [5, 5.41) is 14.7. The van der Waals surface area contributed by atoms with Crippen molar-refractivity contribution in [2.45, 2.75) is 19.6 Å². The second kappa shape index (κ2) is 4.75. The molecule has 2 aromatic rings. The lowest BCUT2D eigenvalue weighted by atomic mass is 10.2. The maximum Gasteiger partial charge on any atom is 0.131 e. The molecule has 16 heavy (non-hydrogen) atoms. The van der Waals surface area contributed by atoms with Crippen LogP contribution in [0.5, 0.6) is 0 Å². The second-order valence-electron chi connectivity index (χ2n) is 3.24. The minimum absolute atomic E-state index is 0.471. The van der Waals surface area contributed by atoms with Crippen LogP contribution in [0.3, 0.4) is 0 Å². The summed E-state index contributed by atoms with van der Waals surface area (Å²) in [6.07, 6.45) is 0.770. The third kappa shape index (κ3) is 2.11. The summed E-state index contributed by atoms with van der Waals surface area (Å²) in [5.74, 6) is 0. The highest BCUT2D eigenvalue weighted by Crippen LogP contribution is 2.33. The van der Waals surface area contributed by atoms with Gasteiger partial charge in [-0.3, -0.25) is 4.68 Å². The normalized spacial score (nSPS) is 13.0. The number of halogens is 2. The smallest absolute Gasteiger partial charge is 0.131 e. The van der Waals surface area contributed by atoms with E-state index in [4.69, 9.17) is 23.2 Å². The van der Waals surface area contributed by atoms with Crippen LogP contribution in [0.15, 0.2) is 18.3 Å². The number of nitrogens with zero attached hydrogens (tertiary/aromatic N) is 2. The fourth-order valence-corrected chi connectivity index (χ4v) is 2.80. The number of thiophene rings is 1. The van der Waals surface area contributed by atoms with Crippen LogP contribution >= 0.6 is 34.5 Å². The summed E-state index contributed by atoms with van der Waals surface area (Å²) in [7, 11) is 0. The zero-order valence-electron chi connectivity index (χ0n) is 8.52. The van der Waals surface area contributed by atoms with Gasteiger partial charge in [-0.2, -0.15) is 5.10 Å². The predicted octanol–water partition coefficient (Wildman–Crippen LogP) is 3.35. The van der Waals surface area contributed by atoms with Crippen molar-refractivity contribution in [1.82, 2.24) is 9.78 Å². The van der Waals surface area contributed by atoms with Gasteiger partial charge in [0, 0.05) is 11.4 Å². The molecule has 0 saturated carbocycles. The first-order valence-corrected chi connectivity index (χ1v) is 6.35. The molecule has 0 bridgehead atoms. The van der Waals surface area contributed by atoms with E-state index in [0.717, 1.165) is 4.88 Å². The molecule has 1 atom stereocenters. The largest absolute Gasteiger partial charge is 0.381 e. The molecule has 1 N–H and O–H groups in total. The van der Waals surface area contributed by atoms with Crippen LogP contribution in [0.25, 0.3) is 0 Å². The van der Waals surface area contributed by atoms with Crippen LogP contribution < -0.4 is 0 Å². The molecule has 0 aliphatic carbocycles. The highest BCUT2D eigenvalue weighted by molar-refractivity contribution is 7.16. The molecular weight excluding hydrogens is 267 g/mol. The standard InChI is InChI=1S/C10H10Cl2N2OS/c1-2-14-9(6(11)5-13-14)10(15)7-3-4-8(12)16-7/h3-5,10,15H,2H2,1H3. The van der Waals surface area contributed by atoms with Crippen LogP contribution in [0, 0.1) is 0 Å². The molecule has 0 aliphatic rings. The summed E-state index contributed by atoms with van der Waals surface area (Å²) < 4.78 is 2.33. The van der Waals surface area contributed by atoms with Crippen molar-refractivity contribution in [2.24, 2.45) is 0 Å². The fraction of sp³-hybridized carbons (Fsp3) is 0.300. The Balaban J connectivity index is 2.40. The third-order valence-corrected chi connectivity index (χ3v) is 3.83. The van der Waals surface area contributed by atoms with Gasteiger partial charge in [0.1, 0.15) is 6.10 Å². The number of hydrogen-bond donors (Lipinski definition) is 1. The molecular formula is C10H10Cl2N2OS. The van der Waals surface area contributed by atoms with E-state index in [0.29, 0.717) is 21.6 Å². The minimum Gasteiger partial charge on any atom is -0.381 e. The van der Waals surface area contributed by atoms with Gasteiger partial charge in [0.25, 0.3) is 0 Å². The number of hydrogen-bond acceptors (Lipinski definition) is 3. The summed E-state index contributed by atoms with van der Waals surface area (Å²) in [4.78, 5) is 0.766. The van der Waals surface area contributed by atoms with E-state index in [1.807, 2.05) is 6.92 Å². The highest BCUT2D eigenvalue weighted by atomic mass is 35.5. The van der Waals surface area contributed by atoms with E-state index in [9.17, 15) is 5.11 Å². The highest BCUT2D eigenvalue weighted by Gasteiger charge is 2.20.